The van der Waals surface area contributed by atoms with Gasteiger partial charge in [-0.25, -0.2) is 5.43 Å². The van der Waals surface area contributed by atoms with E-state index in [1.807, 2.05) is 30.3 Å². The number of benzene rings is 2. The van der Waals surface area contributed by atoms with Gasteiger partial charge in [-0.2, -0.15) is 5.10 Å². The number of carbonyl (C=O) groups is 2. The largest absolute Gasteiger partial charge is 0.455 e. The maximum absolute atomic E-state index is 11.8. The van der Waals surface area contributed by atoms with Crippen LogP contribution in [0.1, 0.15) is 11.3 Å². The van der Waals surface area contributed by atoms with E-state index in [1.54, 1.807) is 30.3 Å². The van der Waals surface area contributed by atoms with Crippen LogP contribution >= 0.6 is 23.2 Å². The molecule has 0 aliphatic rings. The second-order valence-corrected chi connectivity index (χ2v) is 6.51. The molecule has 0 atom stereocenters. The zero-order valence-corrected chi connectivity index (χ0v) is 16.0. The Morgan fingerprint density at radius 2 is 1.75 bits per heavy atom. The number of hydrogen-bond donors (Lipinski definition) is 2. The van der Waals surface area contributed by atoms with Gasteiger partial charge in [0, 0.05) is 12.1 Å². The Labute approximate surface area is 171 Å². The number of rotatable bonds is 5. The molecule has 0 fully saturated rings. The van der Waals surface area contributed by atoms with Gasteiger partial charge in [-0.15, -0.1) is 0 Å². The Morgan fingerprint density at radius 3 is 2.50 bits per heavy atom. The van der Waals surface area contributed by atoms with Gasteiger partial charge in [0.2, 0.25) is 0 Å². The number of hydrogen-bond acceptors (Lipinski definition) is 4. The van der Waals surface area contributed by atoms with Crippen molar-refractivity contribution in [2.45, 2.75) is 6.54 Å². The molecule has 2 aromatic carbocycles. The molecule has 28 heavy (non-hydrogen) atoms. The van der Waals surface area contributed by atoms with Crippen molar-refractivity contribution in [3.8, 4) is 11.3 Å². The van der Waals surface area contributed by atoms with Crippen molar-refractivity contribution in [1.29, 1.82) is 0 Å². The third-order valence-corrected chi connectivity index (χ3v) is 4.43. The Bertz CT molecular complexity index is 1020. The first-order valence-corrected chi connectivity index (χ1v) is 8.99. The van der Waals surface area contributed by atoms with Crippen molar-refractivity contribution >= 4 is 41.2 Å². The molecule has 0 unspecified atom stereocenters. The van der Waals surface area contributed by atoms with Crippen molar-refractivity contribution in [2.24, 2.45) is 5.10 Å². The van der Waals surface area contributed by atoms with E-state index in [0.717, 1.165) is 11.1 Å². The first-order chi connectivity index (χ1) is 13.5. The standard InChI is InChI=1S/C20H15Cl2N3O3/c21-16-8-6-14(10-17(16)22)18-9-7-15(28-18)12-24-25-20(27)19(26)23-11-13-4-2-1-3-5-13/h1-10,12H,11H2,(H,23,26)(H,25,27)/b24-12+. The van der Waals surface area contributed by atoms with Crippen LogP contribution in [-0.4, -0.2) is 18.0 Å². The highest BCUT2D eigenvalue weighted by atomic mass is 35.5. The normalized spacial score (nSPS) is 10.8. The van der Waals surface area contributed by atoms with Crippen LogP contribution in [0.3, 0.4) is 0 Å². The van der Waals surface area contributed by atoms with Crippen molar-refractivity contribution in [1.82, 2.24) is 10.7 Å². The zero-order chi connectivity index (χ0) is 19.9. The predicted octanol–water partition coefficient (Wildman–Crippen LogP) is 4.02. The van der Waals surface area contributed by atoms with Gasteiger partial charge in [0.05, 0.1) is 16.3 Å². The number of nitrogens with one attached hydrogen (secondary N) is 2. The Morgan fingerprint density at radius 1 is 0.964 bits per heavy atom. The van der Waals surface area contributed by atoms with E-state index in [4.69, 9.17) is 27.6 Å². The lowest BCUT2D eigenvalue weighted by atomic mass is 10.2. The average Bonchev–Trinajstić information content (AvgIpc) is 3.18. The molecule has 0 radical (unpaired) electrons. The number of halogens is 2. The van der Waals surface area contributed by atoms with Crippen molar-refractivity contribution in [2.75, 3.05) is 0 Å². The zero-order valence-electron chi connectivity index (χ0n) is 14.5. The number of furan rings is 1. The number of amides is 2. The lowest BCUT2D eigenvalue weighted by molar-refractivity contribution is -0.139. The van der Waals surface area contributed by atoms with Gasteiger partial charge >= 0.3 is 11.8 Å². The summed E-state index contributed by atoms with van der Waals surface area (Å²) in [5.74, 6) is -0.696. The van der Waals surface area contributed by atoms with Gasteiger partial charge in [0.15, 0.2) is 0 Å². The summed E-state index contributed by atoms with van der Waals surface area (Å²) in [5.41, 5.74) is 3.79. The van der Waals surface area contributed by atoms with E-state index in [0.29, 0.717) is 21.6 Å². The van der Waals surface area contributed by atoms with Crippen molar-refractivity contribution in [3.63, 3.8) is 0 Å². The van der Waals surface area contributed by atoms with E-state index in [-0.39, 0.29) is 6.54 Å². The van der Waals surface area contributed by atoms with E-state index >= 15 is 0 Å². The minimum atomic E-state index is -0.872. The molecular formula is C20H15Cl2N3O3. The monoisotopic (exact) mass is 415 g/mol. The van der Waals surface area contributed by atoms with Gasteiger partial charge in [-0.05, 0) is 35.9 Å². The molecule has 1 heterocycles. The van der Waals surface area contributed by atoms with E-state index in [2.05, 4.69) is 15.8 Å². The van der Waals surface area contributed by atoms with Crippen LogP contribution in [0.25, 0.3) is 11.3 Å². The third kappa shape index (κ3) is 5.22. The van der Waals surface area contributed by atoms with Crippen molar-refractivity contribution < 1.29 is 14.0 Å². The summed E-state index contributed by atoms with van der Waals surface area (Å²) in [6, 6.07) is 17.8. The number of hydrazone groups is 1. The molecule has 8 heteroatoms. The minimum Gasteiger partial charge on any atom is -0.455 e. The maximum Gasteiger partial charge on any atom is 0.329 e. The van der Waals surface area contributed by atoms with Gasteiger partial charge in [-0.3, -0.25) is 9.59 Å². The summed E-state index contributed by atoms with van der Waals surface area (Å²) in [6.45, 7) is 0.252. The predicted molar refractivity (Wildman–Crippen MR) is 108 cm³/mol. The molecule has 0 aliphatic carbocycles. The highest BCUT2D eigenvalue weighted by molar-refractivity contribution is 6.42. The first-order valence-electron chi connectivity index (χ1n) is 8.23. The van der Waals surface area contributed by atoms with Gasteiger partial charge in [-0.1, -0.05) is 53.5 Å². The highest BCUT2D eigenvalue weighted by Gasteiger charge is 2.12. The first kappa shape index (κ1) is 19.7. The molecule has 0 saturated heterocycles. The topological polar surface area (TPSA) is 83.7 Å². The van der Waals surface area contributed by atoms with Gasteiger partial charge in [0.1, 0.15) is 11.5 Å². The second-order valence-electron chi connectivity index (χ2n) is 5.70. The van der Waals surface area contributed by atoms with Crippen LogP contribution in [0.4, 0.5) is 0 Å². The number of carbonyl (C=O) groups excluding carboxylic acids is 2. The molecule has 0 bridgehead atoms. The van der Waals surface area contributed by atoms with Crippen LogP contribution in [0.15, 0.2) is 70.2 Å². The lowest BCUT2D eigenvalue weighted by Gasteiger charge is -2.03. The quantitative estimate of drug-likeness (QED) is 0.374. The van der Waals surface area contributed by atoms with Crippen LogP contribution in [0, 0.1) is 0 Å². The average molecular weight is 416 g/mol. The van der Waals surface area contributed by atoms with E-state index in [1.165, 1.54) is 6.21 Å². The molecule has 3 rings (SSSR count). The van der Waals surface area contributed by atoms with E-state index in [9.17, 15) is 9.59 Å². The van der Waals surface area contributed by atoms with Crippen molar-refractivity contribution in [3.05, 3.63) is 82.0 Å². The molecular weight excluding hydrogens is 401 g/mol. The summed E-state index contributed by atoms with van der Waals surface area (Å²) in [5, 5.41) is 7.11. The van der Waals surface area contributed by atoms with Crippen LogP contribution in [-0.2, 0) is 16.1 Å². The minimum absolute atomic E-state index is 0.252. The summed E-state index contributed by atoms with van der Waals surface area (Å²) < 4.78 is 5.61. The summed E-state index contributed by atoms with van der Waals surface area (Å²) >= 11 is 11.9. The van der Waals surface area contributed by atoms with Gasteiger partial charge in [0.25, 0.3) is 0 Å². The summed E-state index contributed by atoms with van der Waals surface area (Å²) in [4.78, 5) is 23.5. The molecule has 3 aromatic rings. The molecule has 6 nitrogen and oxygen atoms in total. The lowest BCUT2D eigenvalue weighted by Crippen LogP contribution is -2.37. The molecule has 0 aliphatic heterocycles. The van der Waals surface area contributed by atoms with E-state index < -0.39 is 11.8 Å². The molecule has 1 aromatic heterocycles. The fourth-order valence-corrected chi connectivity index (χ4v) is 2.59. The number of nitrogens with zero attached hydrogens (tertiary/aromatic N) is 1. The highest BCUT2D eigenvalue weighted by Crippen LogP contribution is 2.29. The van der Waals surface area contributed by atoms with Crippen LogP contribution in [0.2, 0.25) is 10.0 Å². The Balaban J connectivity index is 1.53. The van der Waals surface area contributed by atoms with Crippen LogP contribution < -0.4 is 10.7 Å². The molecule has 2 amide bonds. The fourth-order valence-electron chi connectivity index (χ4n) is 2.29. The molecule has 0 spiro atoms. The smallest absolute Gasteiger partial charge is 0.329 e. The molecule has 2 N–H and O–H groups in total. The molecule has 0 saturated carbocycles. The molecule has 142 valence electrons. The van der Waals surface area contributed by atoms with Crippen LogP contribution in [0.5, 0.6) is 0 Å². The summed E-state index contributed by atoms with van der Waals surface area (Å²) in [7, 11) is 0. The third-order valence-electron chi connectivity index (χ3n) is 3.69. The second kappa shape index (κ2) is 9.21. The SMILES string of the molecule is O=C(NCc1ccccc1)C(=O)N/N=C/c1ccc(-c2ccc(Cl)c(Cl)c2)o1. The maximum atomic E-state index is 11.8. The summed E-state index contributed by atoms with van der Waals surface area (Å²) in [6.07, 6.45) is 1.30. The fraction of sp³-hybridized carbons (Fsp3) is 0.0500. The Hall–Kier alpha value is -3.09. The van der Waals surface area contributed by atoms with Gasteiger partial charge < -0.3 is 9.73 Å². The Kier molecular flexibility index (Phi) is 6.47.